The first-order chi connectivity index (χ1) is 13.5. The highest BCUT2D eigenvalue weighted by Crippen LogP contribution is 2.39. The second-order valence-corrected chi connectivity index (χ2v) is 7.86. The normalized spacial score (nSPS) is 14.5. The van der Waals surface area contributed by atoms with E-state index in [1.165, 1.54) is 11.3 Å². The van der Waals surface area contributed by atoms with Crippen molar-refractivity contribution >= 4 is 27.8 Å². The molecule has 0 spiro atoms. The topological polar surface area (TPSA) is 32.5 Å². The molecule has 0 N–H and O–H groups in total. The highest BCUT2D eigenvalue weighted by molar-refractivity contribution is 6.04. The van der Waals surface area contributed by atoms with Crippen LogP contribution in [-0.2, 0) is 5.54 Å². The third-order valence-corrected chi connectivity index (χ3v) is 5.70. The predicted molar refractivity (Wildman–Crippen MR) is 114 cm³/mol. The maximum absolute atomic E-state index is 6.25. The molecule has 0 radical (unpaired) electrons. The zero-order valence-electron chi connectivity index (χ0n) is 16.4. The van der Waals surface area contributed by atoms with Crippen LogP contribution in [-0.4, -0.2) is 16.6 Å². The van der Waals surface area contributed by atoms with Gasteiger partial charge in [0.25, 0.3) is 0 Å². The fraction of sp³-hybridized carbons (Fsp3) is 0.208. The molecule has 0 saturated heterocycles. The van der Waals surface area contributed by atoms with Crippen LogP contribution in [0.25, 0.3) is 22.1 Å². The summed E-state index contributed by atoms with van der Waals surface area (Å²) in [6.07, 6.45) is 4.30. The van der Waals surface area contributed by atoms with Gasteiger partial charge in [-0.15, -0.1) is 0 Å². The van der Waals surface area contributed by atoms with Crippen LogP contribution in [0.1, 0.15) is 25.1 Å². The number of anilines is 1. The van der Waals surface area contributed by atoms with E-state index < -0.39 is 0 Å². The lowest BCUT2D eigenvalue weighted by Crippen LogP contribution is -2.39. The highest BCUT2D eigenvalue weighted by atomic mass is 16.3. The fourth-order valence-corrected chi connectivity index (χ4v) is 3.98. The first-order valence-electron chi connectivity index (χ1n) is 9.60. The number of hydrogen-bond acceptors (Lipinski definition) is 4. The molecule has 0 bridgehead atoms. The Morgan fingerprint density at radius 3 is 2.54 bits per heavy atom. The van der Waals surface area contributed by atoms with Crippen molar-refractivity contribution in [2.24, 2.45) is 0 Å². The van der Waals surface area contributed by atoms with Crippen LogP contribution in [0.3, 0.4) is 0 Å². The van der Waals surface area contributed by atoms with Crippen molar-refractivity contribution in [1.29, 1.82) is 0 Å². The summed E-state index contributed by atoms with van der Waals surface area (Å²) in [6, 6.07) is 21.0. The molecule has 0 saturated carbocycles. The molecule has 140 valence electrons. The summed E-state index contributed by atoms with van der Waals surface area (Å²) < 4.78 is 6.25. The number of para-hydroxylation sites is 2. The number of benzene rings is 2. The van der Waals surface area contributed by atoms with Gasteiger partial charge < -0.3 is 14.2 Å². The third-order valence-electron chi connectivity index (χ3n) is 5.70. The van der Waals surface area contributed by atoms with Crippen molar-refractivity contribution in [3.63, 3.8) is 0 Å². The van der Waals surface area contributed by atoms with Crippen molar-refractivity contribution in [1.82, 2.24) is 9.88 Å². The van der Waals surface area contributed by atoms with Gasteiger partial charge in [0, 0.05) is 40.1 Å². The van der Waals surface area contributed by atoms with Gasteiger partial charge in [0.2, 0.25) is 5.71 Å². The molecule has 0 aliphatic carbocycles. The Balaban J connectivity index is 1.56. The quantitative estimate of drug-likeness (QED) is 0.458. The lowest BCUT2D eigenvalue weighted by atomic mass is 9.91. The number of fused-ring (bicyclic) bond motifs is 3. The maximum atomic E-state index is 6.25. The van der Waals surface area contributed by atoms with Gasteiger partial charge in [-0.2, -0.15) is 0 Å². The number of furan rings is 1. The van der Waals surface area contributed by atoms with Crippen LogP contribution >= 0.6 is 0 Å². The molecule has 0 amide bonds. The van der Waals surface area contributed by atoms with Crippen molar-refractivity contribution in [2.45, 2.75) is 26.3 Å². The average molecular weight is 369 g/mol. The molecule has 4 nitrogen and oxygen atoms in total. The van der Waals surface area contributed by atoms with Crippen LogP contribution in [0.5, 0.6) is 0 Å². The molecule has 0 unspecified atom stereocenters. The number of rotatable bonds is 3. The molecule has 2 aromatic heterocycles. The maximum Gasteiger partial charge on any atom is 0.227 e. The summed E-state index contributed by atoms with van der Waals surface area (Å²) in [6.45, 7) is 7.27. The standard InChI is InChI=1S/C24H23N3O/c1-17-12-13-20-19-10-7-11-21(22(19)28-23(20)25-17)24(2,3)27-15-14-26(16-27)18-8-5-4-6-9-18/h4-15H,16H2,1-3H3. The van der Waals surface area contributed by atoms with Crippen LogP contribution in [0, 0.1) is 6.92 Å². The summed E-state index contributed by atoms with van der Waals surface area (Å²) in [5, 5.41) is 2.19. The van der Waals surface area contributed by atoms with Gasteiger partial charge in [0.05, 0.1) is 12.2 Å². The average Bonchev–Trinajstić information content (AvgIpc) is 3.33. The second-order valence-electron chi connectivity index (χ2n) is 7.86. The van der Waals surface area contributed by atoms with Gasteiger partial charge in [-0.05, 0) is 45.0 Å². The molecule has 1 aliphatic heterocycles. The van der Waals surface area contributed by atoms with Crippen molar-refractivity contribution in [3.05, 3.63) is 84.3 Å². The Bertz CT molecular complexity index is 1190. The molecule has 5 rings (SSSR count). The first kappa shape index (κ1) is 16.9. The lowest BCUT2D eigenvalue weighted by molar-refractivity contribution is 0.202. The molecule has 28 heavy (non-hydrogen) atoms. The van der Waals surface area contributed by atoms with E-state index in [-0.39, 0.29) is 5.54 Å². The summed E-state index contributed by atoms with van der Waals surface area (Å²) in [5.74, 6) is 0. The Kier molecular flexibility index (Phi) is 3.69. The molecule has 2 aromatic carbocycles. The monoisotopic (exact) mass is 369 g/mol. The van der Waals surface area contributed by atoms with E-state index in [0.29, 0.717) is 5.71 Å². The summed E-state index contributed by atoms with van der Waals surface area (Å²) >= 11 is 0. The Hall–Kier alpha value is -3.27. The van der Waals surface area contributed by atoms with Crippen molar-refractivity contribution in [2.75, 3.05) is 11.6 Å². The predicted octanol–water partition coefficient (Wildman–Crippen LogP) is 5.78. The van der Waals surface area contributed by atoms with Gasteiger partial charge in [-0.25, -0.2) is 4.98 Å². The zero-order valence-corrected chi connectivity index (χ0v) is 16.4. The third kappa shape index (κ3) is 2.56. The van der Waals surface area contributed by atoms with E-state index >= 15 is 0 Å². The van der Waals surface area contributed by atoms with E-state index in [4.69, 9.17) is 4.42 Å². The minimum Gasteiger partial charge on any atom is -0.437 e. The highest BCUT2D eigenvalue weighted by Gasteiger charge is 2.33. The minimum absolute atomic E-state index is 0.234. The van der Waals surface area contributed by atoms with Crippen LogP contribution in [0.15, 0.2) is 77.5 Å². The number of aryl methyl sites for hydroxylation is 1. The summed E-state index contributed by atoms with van der Waals surface area (Å²) in [4.78, 5) is 9.19. The van der Waals surface area contributed by atoms with E-state index in [0.717, 1.165) is 28.7 Å². The van der Waals surface area contributed by atoms with Crippen LogP contribution < -0.4 is 4.90 Å². The van der Waals surface area contributed by atoms with Crippen LogP contribution in [0.4, 0.5) is 5.69 Å². The van der Waals surface area contributed by atoms with Gasteiger partial charge in [-0.3, -0.25) is 0 Å². The second kappa shape index (κ2) is 6.13. The van der Waals surface area contributed by atoms with E-state index in [2.05, 4.69) is 89.6 Å². The molecule has 4 aromatic rings. The SMILES string of the molecule is Cc1ccc2c(n1)oc1c(C(C)(C)N3C=CN(c4ccccc4)C3)cccc12. The molecular weight excluding hydrogens is 346 g/mol. The van der Waals surface area contributed by atoms with E-state index in [9.17, 15) is 0 Å². The number of aromatic nitrogens is 1. The van der Waals surface area contributed by atoms with Gasteiger partial charge in [0.1, 0.15) is 5.58 Å². The fourth-order valence-electron chi connectivity index (χ4n) is 3.98. The van der Waals surface area contributed by atoms with Gasteiger partial charge >= 0.3 is 0 Å². The van der Waals surface area contributed by atoms with E-state index in [1.54, 1.807) is 0 Å². The largest absolute Gasteiger partial charge is 0.437 e. The van der Waals surface area contributed by atoms with Gasteiger partial charge in [0.15, 0.2) is 0 Å². The number of hydrogen-bond donors (Lipinski definition) is 0. The van der Waals surface area contributed by atoms with E-state index in [1.807, 2.05) is 19.1 Å². The zero-order chi connectivity index (χ0) is 19.3. The number of nitrogens with zero attached hydrogens (tertiary/aromatic N) is 3. The Labute approximate surface area is 164 Å². The van der Waals surface area contributed by atoms with Crippen molar-refractivity contribution in [3.8, 4) is 0 Å². The first-order valence-corrected chi connectivity index (χ1v) is 9.60. The Morgan fingerprint density at radius 1 is 0.893 bits per heavy atom. The molecule has 0 fully saturated rings. The minimum atomic E-state index is -0.234. The van der Waals surface area contributed by atoms with Crippen LogP contribution in [0.2, 0.25) is 0 Å². The number of pyridine rings is 1. The lowest BCUT2D eigenvalue weighted by Gasteiger charge is -2.37. The molecule has 0 atom stereocenters. The molecule has 1 aliphatic rings. The molecule has 3 heterocycles. The van der Waals surface area contributed by atoms with Crippen molar-refractivity contribution < 1.29 is 4.42 Å². The smallest absolute Gasteiger partial charge is 0.227 e. The Morgan fingerprint density at radius 2 is 1.71 bits per heavy atom. The molecule has 4 heteroatoms. The summed E-state index contributed by atoms with van der Waals surface area (Å²) in [5.41, 5.74) is 4.73. The molecular formula is C24H23N3O. The van der Waals surface area contributed by atoms with Gasteiger partial charge in [-0.1, -0.05) is 36.4 Å². The summed E-state index contributed by atoms with van der Waals surface area (Å²) in [7, 11) is 0.